The number of fused-ring (bicyclic) bond motifs is 1. The van der Waals surface area contributed by atoms with E-state index in [1.165, 1.54) is 16.8 Å². The molecule has 4 rings (SSSR count). The van der Waals surface area contributed by atoms with Crippen molar-refractivity contribution in [2.24, 2.45) is 5.92 Å². The highest BCUT2D eigenvalue weighted by Gasteiger charge is 2.47. The van der Waals surface area contributed by atoms with Gasteiger partial charge in [0.1, 0.15) is 11.7 Å². The third-order valence-electron chi connectivity index (χ3n) is 5.92. The first-order valence-electron chi connectivity index (χ1n) is 11.2. The van der Waals surface area contributed by atoms with Crippen LogP contribution in [-0.4, -0.2) is 60.8 Å². The molecule has 0 aromatic carbocycles. The number of alkyl halides is 3. The minimum Gasteiger partial charge on any atom is -0.494 e. The van der Waals surface area contributed by atoms with Gasteiger partial charge >= 0.3 is 6.18 Å². The predicted molar refractivity (Wildman–Crippen MR) is 116 cm³/mol. The molecule has 184 valence electrons. The number of likely N-dealkylation sites (tertiary alicyclic amines) is 1. The van der Waals surface area contributed by atoms with Crippen molar-refractivity contribution in [2.45, 2.75) is 64.3 Å². The maximum Gasteiger partial charge on any atom is 0.408 e. The summed E-state index contributed by atoms with van der Waals surface area (Å²) in [7, 11) is 0. The number of nitrogens with one attached hydrogen (secondary N) is 1. The molecule has 9 nitrogen and oxygen atoms in total. The minimum atomic E-state index is -4.51. The van der Waals surface area contributed by atoms with E-state index in [1.807, 2.05) is 13.8 Å². The Balaban J connectivity index is 1.73. The fourth-order valence-electron chi connectivity index (χ4n) is 4.18. The molecular formula is C22H26F3N5O4. The van der Waals surface area contributed by atoms with Crippen LogP contribution in [0.15, 0.2) is 17.1 Å². The normalized spacial score (nSPS) is 19.0. The van der Waals surface area contributed by atoms with Crippen molar-refractivity contribution in [1.29, 1.82) is 0 Å². The third-order valence-corrected chi connectivity index (χ3v) is 5.92. The van der Waals surface area contributed by atoms with Crippen LogP contribution in [0.25, 0.3) is 11.7 Å². The summed E-state index contributed by atoms with van der Waals surface area (Å²) < 4.78 is 42.0. The van der Waals surface area contributed by atoms with Crippen LogP contribution in [0.5, 0.6) is 5.88 Å². The second-order valence-corrected chi connectivity index (χ2v) is 9.16. The third kappa shape index (κ3) is 4.53. The summed E-state index contributed by atoms with van der Waals surface area (Å²) in [4.78, 5) is 38.9. The molecule has 0 radical (unpaired) electrons. The Hall–Kier alpha value is -3.31. The lowest BCUT2D eigenvalue weighted by atomic mass is 10.2. The molecule has 1 aliphatic carbocycles. The van der Waals surface area contributed by atoms with Gasteiger partial charge in [-0.25, -0.2) is 0 Å². The number of nitrogens with zero attached hydrogens (tertiary/aromatic N) is 4. The maximum atomic E-state index is 13.2. The summed E-state index contributed by atoms with van der Waals surface area (Å²) in [6, 6.07) is -1.86. The minimum absolute atomic E-state index is 0.000418. The van der Waals surface area contributed by atoms with Gasteiger partial charge in [0.15, 0.2) is 5.56 Å². The van der Waals surface area contributed by atoms with Crippen molar-refractivity contribution in [3.05, 3.63) is 33.8 Å². The van der Waals surface area contributed by atoms with Crippen LogP contribution < -0.4 is 10.9 Å². The molecule has 2 amide bonds. The lowest BCUT2D eigenvalue weighted by Crippen LogP contribution is -2.43. The fourth-order valence-corrected chi connectivity index (χ4v) is 4.18. The Bertz CT molecular complexity index is 1210. The molecule has 2 aromatic rings. The van der Waals surface area contributed by atoms with Gasteiger partial charge in [-0.1, -0.05) is 13.8 Å². The molecule has 1 aliphatic heterocycles. The van der Waals surface area contributed by atoms with Gasteiger partial charge in [-0.05, 0) is 37.7 Å². The van der Waals surface area contributed by atoms with E-state index in [4.69, 9.17) is 0 Å². The molecule has 12 heteroatoms. The first-order chi connectivity index (χ1) is 16.0. The zero-order valence-corrected chi connectivity index (χ0v) is 18.8. The Labute approximate surface area is 192 Å². The Morgan fingerprint density at radius 3 is 2.62 bits per heavy atom. The largest absolute Gasteiger partial charge is 0.494 e. The lowest BCUT2D eigenvalue weighted by molar-refractivity contribution is -0.180. The van der Waals surface area contributed by atoms with Crippen LogP contribution in [-0.2, 0) is 11.3 Å². The van der Waals surface area contributed by atoms with Crippen LogP contribution in [0, 0.1) is 5.92 Å². The molecule has 1 saturated heterocycles. The van der Waals surface area contributed by atoms with E-state index in [0.717, 1.165) is 28.3 Å². The summed E-state index contributed by atoms with van der Waals surface area (Å²) in [5.74, 6) is -2.02. The highest BCUT2D eigenvalue weighted by atomic mass is 19.4. The van der Waals surface area contributed by atoms with Crippen LogP contribution >= 0.6 is 0 Å². The molecule has 34 heavy (non-hydrogen) atoms. The molecular weight excluding hydrogens is 455 g/mol. The summed E-state index contributed by atoms with van der Waals surface area (Å²) in [6.45, 7) is 3.97. The van der Waals surface area contributed by atoms with E-state index in [2.05, 4.69) is 10.4 Å². The van der Waals surface area contributed by atoms with Gasteiger partial charge in [0.2, 0.25) is 11.8 Å². The number of aromatic hydroxyl groups is 1. The summed E-state index contributed by atoms with van der Waals surface area (Å²) in [5, 5.41) is 17.6. The van der Waals surface area contributed by atoms with Gasteiger partial charge in [-0.3, -0.25) is 19.0 Å². The van der Waals surface area contributed by atoms with Crippen LogP contribution in [0.4, 0.5) is 13.2 Å². The Morgan fingerprint density at radius 1 is 1.29 bits per heavy atom. The summed E-state index contributed by atoms with van der Waals surface area (Å²) in [6.07, 6.45) is 0.751. The van der Waals surface area contributed by atoms with Crippen LogP contribution in [0.2, 0.25) is 0 Å². The van der Waals surface area contributed by atoms with Crippen LogP contribution in [0.3, 0.4) is 0 Å². The smallest absolute Gasteiger partial charge is 0.408 e. The van der Waals surface area contributed by atoms with Crippen LogP contribution in [0.1, 0.15) is 55.5 Å². The Morgan fingerprint density at radius 2 is 2.00 bits per heavy atom. The molecule has 0 bridgehead atoms. The average Bonchev–Trinajstić information content (AvgIpc) is 3.25. The second-order valence-electron chi connectivity index (χ2n) is 9.16. The molecule has 0 unspecified atom stereocenters. The number of aromatic nitrogens is 3. The number of carbonyl (C=O) groups is 2. The molecule has 2 N–H and O–H groups in total. The molecule has 1 saturated carbocycles. The molecule has 2 fully saturated rings. The first kappa shape index (κ1) is 23.8. The van der Waals surface area contributed by atoms with E-state index in [9.17, 15) is 32.7 Å². The SMILES string of the molecule is CC(C)Cn1c(O)c(C(=O)NC2CC2)c(=O)n2ncc(/C=C/C(=O)N3CCC[C@H]3C(F)(F)F)c12. The second kappa shape index (κ2) is 8.80. The first-order valence-corrected chi connectivity index (χ1v) is 11.2. The molecule has 1 atom stereocenters. The summed E-state index contributed by atoms with van der Waals surface area (Å²) >= 11 is 0. The van der Waals surface area contributed by atoms with Crippen molar-refractivity contribution in [3.8, 4) is 5.88 Å². The number of amides is 2. The predicted octanol–water partition coefficient (Wildman–Crippen LogP) is 2.32. The van der Waals surface area contributed by atoms with E-state index in [-0.39, 0.29) is 49.1 Å². The molecule has 0 spiro atoms. The van der Waals surface area contributed by atoms with E-state index in [0.29, 0.717) is 0 Å². The van der Waals surface area contributed by atoms with Gasteiger partial charge < -0.3 is 15.3 Å². The number of carbonyl (C=O) groups excluding carboxylic acids is 2. The zero-order valence-electron chi connectivity index (χ0n) is 18.8. The fraction of sp³-hybridized carbons (Fsp3) is 0.545. The number of halogens is 3. The van der Waals surface area contributed by atoms with Gasteiger partial charge in [0.05, 0.1) is 6.20 Å². The van der Waals surface area contributed by atoms with Gasteiger partial charge in [0.25, 0.3) is 11.5 Å². The molecule has 2 aliphatic rings. The van der Waals surface area contributed by atoms with Gasteiger partial charge in [-0.15, -0.1) is 0 Å². The van der Waals surface area contributed by atoms with Crippen molar-refractivity contribution in [2.75, 3.05) is 6.54 Å². The van der Waals surface area contributed by atoms with Gasteiger partial charge in [-0.2, -0.15) is 22.8 Å². The maximum absolute atomic E-state index is 13.2. The lowest BCUT2D eigenvalue weighted by Gasteiger charge is -2.25. The molecule has 2 aromatic heterocycles. The van der Waals surface area contributed by atoms with E-state index >= 15 is 0 Å². The van der Waals surface area contributed by atoms with E-state index < -0.39 is 41.0 Å². The van der Waals surface area contributed by atoms with Gasteiger partial charge in [0, 0.05) is 30.8 Å². The van der Waals surface area contributed by atoms with Crippen molar-refractivity contribution in [3.63, 3.8) is 0 Å². The summed E-state index contributed by atoms with van der Waals surface area (Å²) in [5.41, 5.74) is -0.872. The topological polar surface area (TPSA) is 109 Å². The van der Waals surface area contributed by atoms with Crippen molar-refractivity contribution in [1.82, 2.24) is 24.4 Å². The van der Waals surface area contributed by atoms with E-state index in [1.54, 1.807) is 0 Å². The molecule has 3 heterocycles. The number of hydrogen-bond acceptors (Lipinski definition) is 5. The number of rotatable bonds is 6. The number of hydrogen-bond donors (Lipinski definition) is 2. The van der Waals surface area contributed by atoms with Crippen molar-refractivity contribution >= 4 is 23.5 Å². The highest BCUT2D eigenvalue weighted by Crippen LogP contribution is 2.33. The zero-order chi connectivity index (χ0) is 24.8. The highest BCUT2D eigenvalue weighted by molar-refractivity contribution is 5.97. The van der Waals surface area contributed by atoms with Crippen molar-refractivity contribution < 1.29 is 27.9 Å². The average molecular weight is 481 g/mol. The quantitative estimate of drug-likeness (QED) is 0.616. The standard InChI is InChI=1S/C22H26F3N5O4/c1-12(2)11-29-19-13(5-8-16(31)28-9-3-4-15(28)22(23,24)25)10-26-30(19)21(34)17(20(29)33)18(32)27-14-6-7-14/h5,8,10,12,14-15,33H,3-4,6-7,9,11H2,1-2H3,(H,27,32)/b8-5+/t15-/m0/s1. The Kier molecular flexibility index (Phi) is 6.17. The monoisotopic (exact) mass is 481 g/mol.